The minimum Gasteiger partial charge on any atom is -0.247 e. The highest BCUT2D eigenvalue weighted by Gasteiger charge is 2.16. The highest BCUT2D eigenvalue weighted by Crippen LogP contribution is 2.38. The molecule has 0 aliphatic rings. The number of nitriles is 1. The van der Waals surface area contributed by atoms with Gasteiger partial charge in [-0.15, -0.1) is 0 Å². The van der Waals surface area contributed by atoms with Crippen molar-refractivity contribution < 1.29 is 0 Å². The zero-order valence-corrected chi connectivity index (χ0v) is 15.0. The van der Waals surface area contributed by atoms with Crippen molar-refractivity contribution in [1.29, 1.82) is 5.26 Å². The summed E-state index contributed by atoms with van der Waals surface area (Å²) in [5.41, 5.74) is 2.48. The molecule has 0 fully saturated rings. The molecule has 1 heterocycles. The smallest absolute Gasteiger partial charge is 0.0993 e. The maximum atomic E-state index is 9.35. The number of benzene rings is 2. The standard InChI is InChI=1S/C18H8Cl4N2/c19-11-3-1-4-12(20)17(11)15-7-10(9-23)8-16(24-15)18-13(21)5-2-6-14(18)22/h1-8H. The summed E-state index contributed by atoms with van der Waals surface area (Å²) in [6.07, 6.45) is 0. The number of aromatic nitrogens is 1. The number of pyridine rings is 1. The van der Waals surface area contributed by atoms with Crippen molar-refractivity contribution in [3.05, 3.63) is 74.2 Å². The van der Waals surface area contributed by atoms with E-state index in [0.717, 1.165) is 0 Å². The summed E-state index contributed by atoms with van der Waals surface area (Å²) in [5.74, 6) is 0. The molecule has 0 N–H and O–H groups in total. The van der Waals surface area contributed by atoms with Gasteiger partial charge in [0.25, 0.3) is 0 Å². The Bertz CT molecular complexity index is 867. The van der Waals surface area contributed by atoms with Crippen LogP contribution in [0.3, 0.4) is 0 Å². The molecule has 0 spiro atoms. The summed E-state index contributed by atoms with van der Waals surface area (Å²) >= 11 is 25.0. The Morgan fingerprint density at radius 2 is 1.08 bits per heavy atom. The molecule has 0 atom stereocenters. The first-order chi connectivity index (χ1) is 11.5. The van der Waals surface area contributed by atoms with Crippen molar-refractivity contribution in [2.75, 3.05) is 0 Å². The molecule has 0 saturated carbocycles. The van der Waals surface area contributed by atoms with Gasteiger partial charge in [0, 0.05) is 11.1 Å². The first-order valence-corrected chi connectivity index (χ1v) is 8.33. The van der Waals surface area contributed by atoms with Crippen molar-refractivity contribution in [3.8, 4) is 28.6 Å². The molecule has 2 nitrogen and oxygen atoms in total. The molecule has 2 aromatic carbocycles. The Labute approximate surface area is 159 Å². The van der Waals surface area contributed by atoms with E-state index in [-0.39, 0.29) is 0 Å². The summed E-state index contributed by atoms with van der Waals surface area (Å²) in [5, 5.41) is 11.1. The summed E-state index contributed by atoms with van der Waals surface area (Å²) in [6, 6.07) is 15.7. The number of halogens is 4. The van der Waals surface area contributed by atoms with Gasteiger partial charge in [0.1, 0.15) is 0 Å². The number of nitrogens with zero attached hydrogens (tertiary/aromatic N) is 2. The molecule has 0 saturated heterocycles. The van der Waals surface area contributed by atoms with E-state index in [1.54, 1.807) is 48.5 Å². The Kier molecular flexibility index (Phi) is 4.99. The predicted octanol–water partition coefficient (Wildman–Crippen LogP) is 6.90. The highest BCUT2D eigenvalue weighted by molar-refractivity contribution is 6.40. The molecular formula is C18H8Cl4N2. The van der Waals surface area contributed by atoms with Crippen LogP contribution in [0.25, 0.3) is 22.5 Å². The molecule has 3 rings (SSSR count). The van der Waals surface area contributed by atoms with Gasteiger partial charge in [-0.25, -0.2) is 4.98 Å². The van der Waals surface area contributed by atoms with Gasteiger partial charge in [-0.2, -0.15) is 5.26 Å². The molecule has 118 valence electrons. The van der Waals surface area contributed by atoms with Crippen LogP contribution in [0.2, 0.25) is 20.1 Å². The normalized spacial score (nSPS) is 10.5. The lowest BCUT2D eigenvalue weighted by molar-refractivity contribution is 1.31. The average Bonchev–Trinajstić information content (AvgIpc) is 2.54. The van der Waals surface area contributed by atoms with Crippen LogP contribution in [-0.2, 0) is 0 Å². The van der Waals surface area contributed by atoms with Gasteiger partial charge >= 0.3 is 0 Å². The maximum Gasteiger partial charge on any atom is 0.0993 e. The van der Waals surface area contributed by atoms with E-state index in [4.69, 9.17) is 46.4 Å². The van der Waals surface area contributed by atoms with E-state index >= 15 is 0 Å². The van der Waals surface area contributed by atoms with E-state index in [1.807, 2.05) is 0 Å². The molecular weight excluding hydrogens is 386 g/mol. The van der Waals surface area contributed by atoms with E-state index < -0.39 is 0 Å². The second-order valence-electron chi connectivity index (χ2n) is 4.93. The molecule has 0 unspecified atom stereocenters. The monoisotopic (exact) mass is 392 g/mol. The molecule has 6 heteroatoms. The zero-order chi connectivity index (χ0) is 17.3. The Morgan fingerprint density at radius 3 is 1.42 bits per heavy atom. The average molecular weight is 394 g/mol. The summed E-state index contributed by atoms with van der Waals surface area (Å²) < 4.78 is 0. The fourth-order valence-electron chi connectivity index (χ4n) is 2.34. The third-order valence-electron chi connectivity index (χ3n) is 3.39. The quantitative estimate of drug-likeness (QED) is 0.474. The Morgan fingerprint density at radius 1 is 0.708 bits per heavy atom. The second-order valence-corrected chi connectivity index (χ2v) is 6.56. The lowest BCUT2D eigenvalue weighted by atomic mass is 10.0. The first-order valence-electron chi connectivity index (χ1n) is 6.82. The minimum atomic E-state index is 0.405. The fraction of sp³-hybridized carbons (Fsp3) is 0. The number of rotatable bonds is 2. The van der Waals surface area contributed by atoms with Crippen LogP contribution < -0.4 is 0 Å². The molecule has 0 amide bonds. The second kappa shape index (κ2) is 7.01. The largest absolute Gasteiger partial charge is 0.247 e. The maximum absolute atomic E-state index is 9.35. The lowest BCUT2D eigenvalue weighted by Gasteiger charge is -2.11. The van der Waals surface area contributed by atoms with Gasteiger partial charge in [-0.05, 0) is 36.4 Å². The van der Waals surface area contributed by atoms with E-state index in [9.17, 15) is 5.26 Å². The van der Waals surface area contributed by atoms with Gasteiger partial charge in [0.15, 0.2) is 0 Å². The Balaban J connectivity index is 2.30. The van der Waals surface area contributed by atoms with Crippen LogP contribution in [-0.4, -0.2) is 4.98 Å². The van der Waals surface area contributed by atoms with Gasteiger partial charge in [-0.3, -0.25) is 0 Å². The van der Waals surface area contributed by atoms with Crippen LogP contribution >= 0.6 is 46.4 Å². The Hall–Kier alpha value is -1.76. The summed E-state index contributed by atoms with van der Waals surface area (Å²) in [7, 11) is 0. The van der Waals surface area contributed by atoms with Gasteiger partial charge in [-0.1, -0.05) is 58.5 Å². The zero-order valence-electron chi connectivity index (χ0n) is 12.0. The summed E-state index contributed by atoms with van der Waals surface area (Å²) in [4.78, 5) is 4.58. The van der Waals surface area contributed by atoms with Crippen LogP contribution in [0.15, 0.2) is 48.5 Å². The van der Waals surface area contributed by atoms with Crippen LogP contribution in [0, 0.1) is 11.3 Å². The molecule has 24 heavy (non-hydrogen) atoms. The number of hydrogen-bond acceptors (Lipinski definition) is 2. The lowest BCUT2D eigenvalue weighted by Crippen LogP contribution is -1.93. The molecule has 0 radical (unpaired) electrons. The van der Waals surface area contributed by atoms with Gasteiger partial charge in [0.05, 0.1) is 43.1 Å². The summed E-state index contributed by atoms with van der Waals surface area (Å²) in [6.45, 7) is 0. The molecule has 1 aromatic heterocycles. The SMILES string of the molecule is N#Cc1cc(-c2c(Cl)cccc2Cl)nc(-c2c(Cl)cccc2Cl)c1. The fourth-order valence-corrected chi connectivity index (χ4v) is 3.52. The van der Waals surface area contributed by atoms with Crippen LogP contribution in [0.4, 0.5) is 0 Å². The third kappa shape index (κ3) is 3.22. The van der Waals surface area contributed by atoms with Crippen LogP contribution in [0.1, 0.15) is 5.56 Å². The van der Waals surface area contributed by atoms with E-state index in [1.165, 1.54) is 0 Å². The molecule has 0 aliphatic carbocycles. The number of hydrogen-bond donors (Lipinski definition) is 0. The van der Waals surface area contributed by atoms with E-state index in [2.05, 4.69) is 11.1 Å². The van der Waals surface area contributed by atoms with E-state index in [0.29, 0.717) is 48.2 Å². The van der Waals surface area contributed by atoms with Gasteiger partial charge < -0.3 is 0 Å². The van der Waals surface area contributed by atoms with Gasteiger partial charge in [0.2, 0.25) is 0 Å². The van der Waals surface area contributed by atoms with Crippen molar-refractivity contribution >= 4 is 46.4 Å². The van der Waals surface area contributed by atoms with Crippen molar-refractivity contribution in [2.24, 2.45) is 0 Å². The highest BCUT2D eigenvalue weighted by atomic mass is 35.5. The van der Waals surface area contributed by atoms with Crippen molar-refractivity contribution in [1.82, 2.24) is 4.98 Å². The van der Waals surface area contributed by atoms with Crippen molar-refractivity contribution in [2.45, 2.75) is 0 Å². The predicted molar refractivity (Wildman–Crippen MR) is 99.9 cm³/mol. The third-order valence-corrected chi connectivity index (χ3v) is 4.65. The first kappa shape index (κ1) is 17.1. The topological polar surface area (TPSA) is 36.7 Å². The van der Waals surface area contributed by atoms with Crippen LogP contribution in [0.5, 0.6) is 0 Å². The molecule has 0 bridgehead atoms. The molecule has 0 aliphatic heterocycles. The van der Waals surface area contributed by atoms with Crippen molar-refractivity contribution in [3.63, 3.8) is 0 Å². The minimum absolute atomic E-state index is 0.405. The molecule has 3 aromatic rings.